The van der Waals surface area contributed by atoms with Crippen LogP contribution in [-0.4, -0.2) is 48.7 Å². The Morgan fingerprint density at radius 2 is 0.922 bits per heavy atom. The van der Waals surface area contributed by atoms with Gasteiger partial charge in [0.25, 0.3) is 0 Å². The molecule has 294 valence electrons. The van der Waals surface area contributed by atoms with E-state index in [1.807, 2.05) is 6.92 Å². The van der Waals surface area contributed by atoms with Crippen LogP contribution in [0.2, 0.25) is 0 Å². The maximum Gasteiger partial charge on any atom is 0.224 e. The summed E-state index contributed by atoms with van der Waals surface area (Å²) < 4.78 is -0.120. The molecule has 0 bridgehead atoms. The summed E-state index contributed by atoms with van der Waals surface area (Å²) >= 11 is 0. The standard InChI is InChI=1S/C44H79N3O4/c1-6-9-11-13-15-17-19-21-23-25-27-29-31-33-35-37-41(48)45-40-47(4,5)44(39-8-3,43(50)51)46-42(49)38-36-34-32-30-28-26-24-22-20-18-16-14-12-10-7-2/h15-18,21-24H,6-14,19-20,25-40H2,1-5H3,(H2-,45,46,48,49,50,51)/b17-15-,18-16-,23-21-,24-22-. The van der Waals surface area contributed by atoms with Crippen LogP contribution < -0.4 is 15.7 Å². The molecule has 7 nitrogen and oxygen atoms in total. The lowest BCUT2D eigenvalue weighted by Crippen LogP contribution is -2.77. The van der Waals surface area contributed by atoms with Crippen molar-refractivity contribution in [2.24, 2.45) is 0 Å². The third kappa shape index (κ3) is 25.9. The van der Waals surface area contributed by atoms with Crippen LogP contribution in [0.3, 0.4) is 0 Å². The number of unbranched alkanes of at least 4 members (excludes halogenated alkanes) is 16. The highest BCUT2D eigenvalue weighted by molar-refractivity contribution is 5.84. The number of aliphatic carboxylic acids is 1. The Morgan fingerprint density at radius 1 is 0.529 bits per heavy atom. The van der Waals surface area contributed by atoms with E-state index >= 15 is 0 Å². The Hall–Kier alpha value is -2.67. The first-order valence-electron chi connectivity index (χ1n) is 20.9. The van der Waals surface area contributed by atoms with Crippen LogP contribution >= 0.6 is 0 Å². The molecule has 0 spiro atoms. The SMILES string of the molecule is CCCCC/C=C\C/C=C\CCCCCCCC(=O)NC[N+](C)(C)C(CCC)(NC(=O)CCCCCCC/C=C\C/C=C\CCCCC)C(=O)[O-]. The summed E-state index contributed by atoms with van der Waals surface area (Å²) in [5, 5.41) is 18.4. The average molecular weight is 714 g/mol. The number of likely N-dealkylation sites (N-methyl/N-ethyl adjacent to an activating group) is 1. The van der Waals surface area contributed by atoms with Gasteiger partial charge in [-0.1, -0.05) is 134 Å². The summed E-state index contributed by atoms with van der Waals surface area (Å²) in [6.07, 6.45) is 44.1. The van der Waals surface area contributed by atoms with Crippen molar-refractivity contribution in [3.05, 3.63) is 48.6 Å². The Bertz CT molecular complexity index is 1000. The van der Waals surface area contributed by atoms with Crippen molar-refractivity contribution in [3.8, 4) is 0 Å². The number of carboxylic acid groups (broad SMARTS) is 1. The number of hydrogen-bond donors (Lipinski definition) is 2. The van der Waals surface area contributed by atoms with E-state index in [1.54, 1.807) is 14.1 Å². The molecule has 0 heterocycles. The highest BCUT2D eigenvalue weighted by Gasteiger charge is 2.48. The molecule has 0 saturated carbocycles. The van der Waals surface area contributed by atoms with Crippen LogP contribution in [0, 0.1) is 0 Å². The highest BCUT2D eigenvalue weighted by atomic mass is 16.4. The Balaban J connectivity index is 4.37. The predicted molar refractivity (Wildman–Crippen MR) is 215 cm³/mol. The maximum absolute atomic E-state index is 13.0. The second-order valence-corrected chi connectivity index (χ2v) is 14.9. The molecule has 2 N–H and O–H groups in total. The van der Waals surface area contributed by atoms with Crippen molar-refractivity contribution in [2.45, 2.75) is 193 Å². The van der Waals surface area contributed by atoms with Gasteiger partial charge in [-0.05, 0) is 83.5 Å². The Kier molecular flexibility index (Phi) is 31.4. The van der Waals surface area contributed by atoms with Crippen LogP contribution in [0.1, 0.15) is 188 Å². The molecule has 1 unspecified atom stereocenters. The van der Waals surface area contributed by atoms with E-state index in [0.29, 0.717) is 12.8 Å². The van der Waals surface area contributed by atoms with Gasteiger partial charge in [0.1, 0.15) is 5.97 Å². The molecular formula is C44H79N3O4. The second-order valence-electron chi connectivity index (χ2n) is 14.9. The summed E-state index contributed by atoms with van der Waals surface area (Å²) in [5.74, 6) is -1.68. The number of rotatable bonds is 35. The number of nitrogens with one attached hydrogen (secondary N) is 2. The number of quaternary nitrogens is 1. The third-order valence-electron chi connectivity index (χ3n) is 9.71. The fourth-order valence-electron chi connectivity index (χ4n) is 6.27. The van der Waals surface area contributed by atoms with Gasteiger partial charge in [0.2, 0.25) is 17.5 Å². The van der Waals surface area contributed by atoms with Crippen molar-refractivity contribution >= 4 is 17.8 Å². The van der Waals surface area contributed by atoms with Crippen LogP contribution in [0.25, 0.3) is 0 Å². The van der Waals surface area contributed by atoms with E-state index in [-0.39, 0.29) is 35.8 Å². The van der Waals surface area contributed by atoms with Crippen molar-refractivity contribution in [1.29, 1.82) is 0 Å². The zero-order valence-corrected chi connectivity index (χ0v) is 33.8. The fourth-order valence-corrected chi connectivity index (χ4v) is 6.27. The minimum absolute atomic E-state index is 0.0907. The Morgan fingerprint density at radius 3 is 1.33 bits per heavy atom. The minimum Gasteiger partial charge on any atom is -0.542 e. The van der Waals surface area contributed by atoms with Gasteiger partial charge in [0.05, 0.1) is 14.1 Å². The van der Waals surface area contributed by atoms with E-state index in [0.717, 1.165) is 83.5 Å². The van der Waals surface area contributed by atoms with Crippen LogP contribution in [0.5, 0.6) is 0 Å². The second kappa shape index (κ2) is 33.2. The first-order valence-corrected chi connectivity index (χ1v) is 20.9. The molecule has 0 rings (SSSR count). The minimum atomic E-state index is -1.62. The van der Waals surface area contributed by atoms with Gasteiger partial charge in [-0.2, -0.15) is 0 Å². The molecule has 0 fully saturated rings. The van der Waals surface area contributed by atoms with Crippen molar-refractivity contribution in [3.63, 3.8) is 0 Å². The van der Waals surface area contributed by atoms with Gasteiger partial charge in [0, 0.05) is 19.3 Å². The van der Waals surface area contributed by atoms with E-state index in [1.165, 1.54) is 57.8 Å². The highest BCUT2D eigenvalue weighted by Crippen LogP contribution is 2.24. The molecule has 0 aliphatic rings. The van der Waals surface area contributed by atoms with Crippen LogP contribution in [-0.2, 0) is 14.4 Å². The molecule has 0 aliphatic carbocycles. The summed E-state index contributed by atoms with van der Waals surface area (Å²) in [7, 11) is 3.48. The number of allylic oxidation sites excluding steroid dienone is 8. The number of nitrogens with zero attached hydrogens (tertiary/aromatic N) is 1. The fraction of sp³-hybridized carbons (Fsp3) is 0.750. The van der Waals surface area contributed by atoms with Crippen molar-refractivity contribution in [1.82, 2.24) is 10.6 Å². The van der Waals surface area contributed by atoms with Crippen LogP contribution in [0.4, 0.5) is 0 Å². The summed E-state index contributed by atoms with van der Waals surface area (Å²) in [4.78, 5) is 38.3. The van der Waals surface area contributed by atoms with Gasteiger partial charge in [-0.3, -0.25) is 19.4 Å². The molecule has 0 aromatic heterocycles. The van der Waals surface area contributed by atoms with Crippen molar-refractivity contribution in [2.75, 3.05) is 20.8 Å². The van der Waals surface area contributed by atoms with Gasteiger partial charge in [-0.15, -0.1) is 0 Å². The number of carbonyl (C=O) groups is 3. The zero-order chi connectivity index (χ0) is 37.9. The molecule has 0 aromatic rings. The maximum atomic E-state index is 13.0. The zero-order valence-electron chi connectivity index (χ0n) is 33.8. The van der Waals surface area contributed by atoms with Gasteiger partial charge < -0.3 is 15.2 Å². The summed E-state index contributed by atoms with van der Waals surface area (Å²) in [6, 6.07) is 0. The van der Waals surface area contributed by atoms with E-state index in [4.69, 9.17) is 0 Å². The third-order valence-corrected chi connectivity index (χ3v) is 9.71. The lowest BCUT2D eigenvalue weighted by Gasteiger charge is -2.49. The molecule has 51 heavy (non-hydrogen) atoms. The van der Waals surface area contributed by atoms with Gasteiger partial charge >= 0.3 is 0 Å². The lowest BCUT2D eigenvalue weighted by atomic mass is 9.99. The molecule has 0 radical (unpaired) electrons. The van der Waals surface area contributed by atoms with Gasteiger partial charge in [0.15, 0.2) is 6.67 Å². The average Bonchev–Trinajstić information content (AvgIpc) is 3.10. The van der Waals surface area contributed by atoms with Crippen LogP contribution in [0.15, 0.2) is 48.6 Å². The molecule has 7 heteroatoms. The predicted octanol–water partition coefficient (Wildman–Crippen LogP) is 10.1. The monoisotopic (exact) mass is 714 g/mol. The lowest BCUT2D eigenvalue weighted by molar-refractivity contribution is -0.939. The first kappa shape index (κ1) is 48.3. The van der Waals surface area contributed by atoms with Gasteiger partial charge in [-0.25, -0.2) is 0 Å². The van der Waals surface area contributed by atoms with E-state index in [2.05, 4.69) is 73.1 Å². The number of carbonyl (C=O) groups excluding carboxylic acids is 3. The Labute approximate surface area is 314 Å². The molecule has 0 saturated heterocycles. The molecular weight excluding hydrogens is 635 g/mol. The first-order chi connectivity index (χ1) is 24.7. The molecule has 1 atom stereocenters. The number of amides is 2. The van der Waals surface area contributed by atoms with Crippen molar-refractivity contribution < 1.29 is 24.0 Å². The summed E-state index contributed by atoms with van der Waals surface area (Å²) in [5.41, 5.74) is -1.62. The topological polar surface area (TPSA) is 98.3 Å². The number of hydrogen-bond acceptors (Lipinski definition) is 4. The quantitative estimate of drug-likeness (QED) is 0.0296. The molecule has 0 aromatic carbocycles. The smallest absolute Gasteiger partial charge is 0.224 e. The van der Waals surface area contributed by atoms with E-state index < -0.39 is 11.6 Å². The van der Waals surface area contributed by atoms with E-state index in [9.17, 15) is 19.5 Å². The largest absolute Gasteiger partial charge is 0.542 e. The summed E-state index contributed by atoms with van der Waals surface area (Å²) in [6.45, 7) is 6.45. The normalized spacial score (nSPS) is 13.5. The molecule has 2 amide bonds. The number of carboxylic acids is 1. The molecule has 0 aliphatic heterocycles.